The summed E-state index contributed by atoms with van der Waals surface area (Å²) in [7, 11) is 1.66. The van der Waals surface area contributed by atoms with E-state index < -0.39 is 0 Å². The van der Waals surface area contributed by atoms with Gasteiger partial charge in [0.2, 0.25) is 0 Å². The van der Waals surface area contributed by atoms with Gasteiger partial charge in [0.1, 0.15) is 5.75 Å². The van der Waals surface area contributed by atoms with Crippen molar-refractivity contribution in [2.24, 2.45) is 5.73 Å². The molecule has 0 spiro atoms. The highest BCUT2D eigenvalue weighted by Gasteiger charge is 2.28. The normalized spacial score (nSPS) is 18.7. The number of carbonyl (C=O) groups is 1. The molecule has 1 unspecified atom stereocenters. The van der Waals surface area contributed by atoms with Crippen LogP contribution < -0.4 is 10.5 Å². The molecule has 1 amide bonds. The largest absolute Gasteiger partial charge is 0.497 e. The highest BCUT2D eigenvalue weighted by atomic mass is 32.1. The molecule has 0 saturated carbocycles. The fourth-order valence-corrected chi connectivity index (χ4v) is 4.32. The Morgan fingerprint density at radius 2 is 2.27 bits per heavy atom. The summed E-state index contributed by atoms with van der Waals surface area (Å²) < 4.78 is 6.42. The number of methoxy groups -OCH3 is 1. The summed E-state index contributed by atoms with van der Waals surface area (Å²) in [5.74, 6) is 0.957. The number of hydrogen-bond acceptors (Lipinski definition) is 4. The van der Waals surface area contributed by atoms with E-state index in [1.165, 1.54) is 0 Å². The summed E-state index contributed by atoms with van der Waals surface area (Å²) in [4.78, 5) is 15.8. The number of thiophene rings is 1. The zero-order valence-corrected chi connectivity index (χ0v) is 13.9. The fraction of sp³-hybridized carbons (Fsp3) is 0.471. The van der Waals surface area contributed by atoms with Gasteiger partial charge in [-0.15, -0.1) is 11.3 Å². The Bertz CT molecular complexity index is 695. The number of fused-ring (bicyclic) bond motifs is 1. The molecule has 1 aliphatic heterocycles. The van der Waals surface area contributed by atoms with Crippen LogP contribution >= 0.6 is 11.3 Å². The lowest BCUT2D eigenvalue weighted by Gasteiger charge is -2.34. The summed E-state index contributed by atoms with van der Waals surface area (Å²) in [6, 6.07) is 6.16. The number of ether oxygens (including phenoxy) is 1. The summed E-state index contributed by atoms with van der Waals surface area (Å²) >= 11 is 1.57. The maximum absolute atomic E-state index is 13.0. The Kier molecular flexibility index (Phi) is 4.36. The Balaban J connectivity index is 1.98. The van der Waals surface area contributed by atoms with Crippen LogP contribution in [0.1, 0.15) is 34.5 Å². The van der Waals surface area contributed by atoms with Gasteiger partial charge in [0.05, 0.1) is 12.0 Å². The molecule has 1 saturated heterocycles. The van der Waals surface area contributed by atoms with Crippen LogP contribution in [0.2, 0.25) is 0 Å². The summed E-state index contributed by atoms with van der Waals surface area (Å²) in [5.41, 5.74) is 6.90. The van der Waals surface area contributed by atoms with Crippen molar-refractivity contribution in [1.29, 1.82) is 0 Å². The van der Waals surface area contributed by atoms with E-state index in [1.807, 2.05) is 30.0 Å². The molecule has 1 aromatic heterocycles. The molecule has 118 valence electrons. The van der Waals surface area contributed by atoms with E-state index >= 15 is 0 Å². The second kappa shape index (κ2) is 6.26. The molecule has 2 heterocycles. The first-order chi connectivity index (χ1) is 10.7. The van der Waals surface area contributed by atoms with Crippen LogP contribution in [0.15, 0.2) is 18.2 Å². The third-order valence-electron chi connectivity index (χ3n) is 4.50. The van der Waals surface area contributed by atoms with Crippen LogP contribution in [0.3, 0.4) is 0 Å². The fourth-order valence-electron chi connectivity index (χ4n) is 3.17. The van der Waals surface area contributed by atoms with E-state index in [0.717, 1.165) is 52.1 Å². The van der Waals surface area contributed by atoms with Gasteiger partial charge in [-0.25, -0.2) is 0 Å². The Hall–Kier alpha value is -1.59. The molecule has 1 fully saturated rings. The molecule has 1 aliphatic rings. The van der Waals surface area contributed by atoms with E-state index in [9.17, 15) is 4.79 Å². The van der Waals surface area contributed by atoms with Crippen molar-refractivity contribution < 1.29 is 9.53 Å². The lowest BCUT2D eigenvalue weighted by atomic mass is 10.0. The topological polar surface area (TPSA) is 55.6 Å². The van der Waals surface area contributed by atoms with Crippen molar-refractivity contribution >= 4 is 27.3 Å². The summed E-state index contributed by atoms with van der Waals surface area (Å²) in [6.45, 7) is 3.38. The third-order valence-corrected chi connectivity index (χ3v) is 5.76. The van der Waals surface area contributed by atoms with E-state index in [1.54, 1.807) is 18.4 Å². The van der Waals surface area contributed by atoms with Crippen LogP contribution in [-0.2, 0) is 0 Å². The molecular weight excluding hydrogens is 296 g/mol. The van der Waals surface area contributed by atoms with E-state index in [-0.39, 0.29) is 11.9 Å². The quantitative estimate of drug-likeness (QED) is 0.945. The molecule has 0 aliphatic carbocycles. The van der Waals surface area contributed by atoms with Crippen molar-refractivity contribution in [3.63, 3.8) is 0 Å². The SMILES string of the molecule is COc1ccc2sc(C(=O)N3CCCCC3CN)c(C)c2c1. The minimum atomic E-state index is 0.132. The average molecular weight is 318 g/mol. The number of nitrogens with two attached hydrogens (primary N) is 1. The van der Waals surface area contributed by atoms with Gasteiger partial charge in [0, 0.05) is 23.8 Å². The molecule has 0 radical (unpaired) electrons. The van der Waals surface area contributed by atoms with Gasteiger partial charge < -0.3 is 15.4 Å². The molecule has 1 aromatic carbocycles. The molecule has 3 rings (SSSR count). The van der Waals surface area contributed by atoms with Gasteiger partial charge in [0.15, 0.2) is 0 Å². The second-order valence-electron chi connectivity index (χ2n) is 5.80. The maximum atomic E-state index is 13.0. The number of benzene rings is 1. The summed E-state index contributed by atoms with van der Waals surface area (Å²) in [6.07, 6.45) is 3.24. The van der Waals surface area contributed by atoms with E-state index in [2.05, 4.69) is 0 Å². The molecule has 2 N–H and O–H groups in total. The third kappa shape index (κ3) is 2.59. The number of piperidine rings is 1. The van der Waals surface area contributed by atoms with Gasteiger partial charge in [-0.05, 0) is 55.3 Å². The Morgan fingerprint density at radius 3 is 3.00 bits per heavy atom. The summed E-state index contributed by atoms with van der Waals surface area (Å²) in [5, 5.41) is 1.11. The number of carbonyl (C=O) groups excluding carboxylic acids is 1. The molecule has 4 nitrogen and oxygen atoms in total. The predicted molar refractivity (Wildman–Crippen MR) is 90.8 cm³/mol. The predicted octanol–water partition coefficient (Wildman–Crippen LogP) is 3.17. The van der Waals surface area contributed by atoms with Crippen LogP contribution in [0.4, 0.5) is 0 Å². The smallest absolute Gasteiger partial charge is 0.264 e. The molecule has 5 heteroatoms. The van der Waals surface area contributed by atoms with Crippen LogP contribution in [-0.4, -0.2) is 37.0 Å². The molecule has 2 aromatic rings. The van der Waals surface area contributed by atoms with Crippen molar-refractivity contribution in [3.05, 3.63) is 28.6 Å². The zero-order valence-electron chi connectivity index (χ0n) is 13.1. The number of amides is 1. The van der Waals surface area contributed by atoms with Crippen molar-refractivity contribution in [3.8, 4) is 5.75 Å². The number of rotatable bonds is 3. The number of likely N-dealkylation sites (tertiary alicyclic amines) is 1. The molecule has 1 atom stereocenters. The molecular formula is C17H22N2O2S. The first-order valence-electron chi connectivity index (χ1n) is 7.74. The van der Waals surface area contributed by atoms with Crippen LogP contribution in [0.25, 0.3) is 10.1 Å². The van der Waals surface area contributed by atoms with Gasteiger partial charge in [-0.2, -0.15) is 0 Å². The van der Waals surface area contributed by atoms with Crippen LogP contribution in [0, 0.1) is 6.92 Å². The highest BCUT2D eigenvalue weighted by molar-refractivity contribution is 7.21. The standard InChI is InChI=1S/C17H22N2O2S/c1-11-14-9-13(21-2)6-7-15(14)22-16(11)17(20)19-8-4-3-5-12(19)10-18/h6-7,9,12H,3-5,8,10,18H2,1-2H3. The minimum absolute atomic E-state index is 0.132. The van der Waals surface area contributed by atoms with Gasteiger partial charge >= 0.3 is 0 Å². The molecule has 22 heavy (non-hydrogen) atoms. The number of aryl methyl sites for hydroxylation is 1. The lowest BCUT2D eigenvalue weighted by Crippen LogP contribution is -2.47. The Labute approximate surface area is 134 Å². The first-order valence-corrected chi connectivity index (χ1v) is 8.55. The van der Waals surface area contributed by atoms with E-state index in [0.29, 0.717) is 6.54 Å². The molecule has 0 bridgehead atoms. The van der Waals surface area contributed by atoms with Gasteiger partial charge in [0.25, 0.3) is 5.91 Å². The van der Waals surface area contributed by atoms with Crippen molar-refractivity contribution in [2.75, 3.05) is 20.2 Å². The Morgan fingerprint density at radius 1 is 1.45 bits per heavy atom. The monoisotopic (exact) mass is 318 g/mol. The van der Waals surface area contributed by atoms with Crippen LogP contribution in [0.5, 0.6) is 5.75 Å². The number of nitrogens with zero attached hydrogens (tertiary/aromatic N) is 1. The minimum Gasteiger partial charge on any atom is -0.497 e. The lowest BCUT2D eigenvalue weighted by molar-refractivity contribution is 0.0628. The highest BCUT2D eigenvalue weighted by Crippen LogP contribution is 2.35. The number of hydrogen-bond donors (Lipinski definition) is 1. The van der Waals surface area contributed by atoms with Crippen molar-refractivity contribution in [2.45, 2.75) is 32.2 Å². The second-order valence-corrected chi connectivity index (χ2v) is 6.85. The first kappa shape index (κ1) is 15.3. The van der Waals surface area contributed by atoms with Gasteiger partial charge in [-0.3, -0.25) is 4.79 Å². The van der Waals surface area contributed by atoms with Gasteiger partial charge in [-0.1, -0.05) is 0 Å². The maximum Gasteiger partial charge on any atom is 0.264 e. The average Bonchev–Trinajstić information content (AvgIpc) is 2.90. The van der Waals surface area contributed by atoms with E-state index in [4.69, 9.17) is 10.5 Å². The zero-order chi connectivity index (χ0) is 15.7. The van der Waals surface area contributed by atoms with Crippen molar-refractivity contribution in [1.82, 2.24) is 4.90 Å².